The second-order valence-corrected chi connectivity index (χ2v) is 4.70. The molecular weight excluding hydrogens is 264 g/mol. The van der Waals surface area contributed by atoms with Gasteiger partial charge in [0.2, 0.25) is 0 Å². The molecule has 0 radical (unpaired) electrons. The quantitative estimate of drug-likeness (QED) is 0.645. The Morgan fingerprint density at radius 2 is 2.45 bits per heavy atom. The molecule has 1 amide bonds. The molecule has 0 aliphatic carbocycles. The molecule has 2 rings (SSSR count). The van der Waals surface area contributed by atoms with Crippen molar-refractivity contribution in [1.82, 2.24) is 9.88 Å². The topological polar surface area (TPSA) is 112 Å². The Kier molecular flexibility index (Phi) is 4.14. The molecule has 2 N–H and O–H groups in total. The molecule has 0 saturated carbocycles. The van der Waals surface area contributed by atoms with Gasteiger partial charge in [-0.3, -0.25) is 14.9 Å². The number of pyridine rings is 1. The van der Waals surface area contributed by atoms with Crippen LogP contribution in [0.15, 0.2) is 12.3 Å². The van der Waals surface area contributed by atoms with E-state index in [1.165, 1.54) is 11.0 Å². The van der Waals surface area contributed by atoms with Gasteiger partial charge in [0.25, 0.3) is 11.6 Å². The lowest BCUT2D eigenvalue weighted by atomic mass is 10.1. The summed E-state index contributed by atoms with van der Waals surface area (Å²) in [5, 5.41) is 10.9. The van der Waals surface area contributed by atoms with Crippen LogP contribution in [0.3, 0.4) is 0 Å². The first kappa shape index (κ1) is 14.2. The number of nitrogens with zero attached hydrogens (tertiary/aromatic N) is 3. The summed E-state index contributed by atoms with van der Waals surface area (Å²) in [5.74, 6) is -0.384. The highest BCUT2D eigenvalue weighted by Gasteiger charge is 2.26. The van der Waals surface area contributed by atoms with Gasteiger partial charge in [-0.2, -0.15) is 0 Å². The van der Waals surface area contributed by atoms with Crippen LogP contribution < -0.4 is 5.73 Å². The van der Waals surface area contributed by atoms with Crippen molar-refractivity contribution in [3.8, 4) is 0 Å². The Labute approximate surface area is 115 Å². The number of amides is 1. The van der Waals surface area contributed by atoms with Gasteiger partial charge >= 0.3 is 0 Å². The number of aromatic nitrogens is 1. The van der Waals surface area contributed by atoms with Gasteiger partial charge in [0.05, 0.1) is 11.0 Å². The van der Waals surface area contributed by atoms with Crippen LogP contribution in [0.4, 0.5) is 11.5 Å². The van der Waals surface area contributed by atoms with E-state index in [1.54, 1.807) is 7.05 Å². The third-order valence-corrected chi connectivity index (χ3v) is 3.18. The predicted molar refractivity (Wildman–Crippen MR) is 71.2 cm³/mol. The Morgan fingerprint density at radius 3 is 3.05 bits per heavy atom. The molecule has 8 nitrogen and oxygen atoms in total. The van der Waals surface area contributed by atoms with Crippen LogP contribution in [0.5, 0.6) is 0 Å². The first-order valence-electron chi connectivity index (χ1n) is 6.26. The number of nitrogens with two attached hydrogens (primary N) is 1. The van der Waals surface area contributed by atoms with Gasteiger partial charge in [0.1, 0.15) is 17.6 Å². The molecule has 0 spiro atoms. The SMILES string of the molecule is CN(CC1CCCO1)C(=O)c1cc(N)ncc1[N+](=O)[O-]. The van der Waals surface area contributed by atoms with Crippen molar-refractivity contribution in [1.29, 1.82) is 0 Å². The lowest BCUT2D eigenvalue weighted by Crippen LogP contribution is -2.34. The van der Waals surface area contributed by atoms with Gasteiger partial charge < -0.3 is 15.4 Å². The van der Waals surface area contributed by atoms with E-state index in [1.807, 2.05) is 0 Å². The van der Waals surface area contributed by atoms with E-state index in [9.17, 15) is 14.9 Å². The summed E-state index contributed by atoms with van der Waals surface area (Å²) in [6.07, 6.45) is 2.85. The fourth-order valence-electron chi connectivity index (χ4n) is 2.16. The van der Waals surface area contributed by atoms with E-state index in [0.29, 0.717) is 13.2 Å². The van der Waals surface area contributed by atoms with Crippen LogP contribution in [0, 0.1) is 10.1 Å². The molecule has 8 heteroatoms. The fraction of sp³-hybridized carbons (Fsp3) is 0.500. The van der Waals surface area contributed by atoms with Crippen molar-refractivity contribution >= 4 is 17.4 Å². The highest BCUT2D eigenvalue weighted by Crippen LogP contribution is 2.21. The summed E-state index contributed by atoms with van der Waals surface area (Å²) in [7, 11) is 1.59. The summed E-state index contributed by atoms with van der Waals surface area (Å²) >= 11 is 0. The molecule has 1 unspecified atom stereocenters. The molecule has 20 heavy (non-hydrogen) atoms. The third-order valence-electron chi connectivity index (χ3n) is 3.18. The minimum atomic E-state index is -0.639. The summed E-state index contributed by atoms with van der Waals surface area (Å²) in [6, 6.07) is 1.23. The minimum Gasteiger partial charge on any atom is -0.384 e. The number of anilines is 1. The summed E-state index contributed by atoms with van der Waals surface area (Å²) in [5.41, 5.74) is 5.10. The largest absolute Gasteiger partial charge is 0.384 e. The van der Waals surface area contributed by atoms with E-state index in [2.05, 4.69) is 4.98 Å². The standard InChI is InChI=1S/C12H16N4O4/c1-15(7-8-3-2-4-20-8)12(17)9-5-11(13)14-6-10(9)16(18)19/h5-6,8H,2-4,7H2,1H3,(H2,13,14). The Balaban J connectivity index is 2.18. The summed E-state index contributed by atoms with van der Waals surface area (Å²) in [6.45, 7) is 1.09. The molecule has 1 aromatic heterocycles. The van der Waals surface area contributed by atoms with Crippen molar-refractivity contribution in [2.24, 2.45) is 0 Å². The third kappa shape index (κ3) is 3.02. The zero-order chi connectivity index (χ0) is 14.7. The lowest BCUT2D eigenvalue weighted by molar-refractivity contribution is -0.385. The number of carbonyl (C=O) groups is 1. The second kappa shape index (κ2) is 5.83. The molecular formula is C12H16N4O4. The summed E-state index contributed by atoms with van der Waals surface area (Å²) < 4.78 is 5.45. The van der Waals surface area contributed by atoms with Crippen LogP contribution in [0.25, 0.3) is 0 Å². The van der Waals surface area contributed by atoms with E-state index < -0.39 is 10.8 Å². The van der Waals surface area contributed by atoms with Crippen molar-refractivity contribution in [3.05, 3.63) is 27.9 Å². The minimum absolute atomic E-state index is 0.0119. The average molecular weight is 280 g/mol. The average Bonchev–Trinajstić information content (AvgIpc) is 2.90. The Morgan fingerprint density at radius 1 is 1.70 bits per heavy atom. The van der Waals surface area contributed by atoms with Crippen LogP contribution in [0.2, 0.25) is 0 Å². The summed E-state index contributed by atoms with van der Waals surface area (Å²) in [4.78, 5) is 27.6. The monoisotopic (exact) mass is 280 g/mol. The highest BCUT2D eigenvalue weighted by molar-refractivity contribution is 5.98. The number of ether oxygens (including phenoxy) is 1. The first-order chi connectivity index (χ1) is 9.49. The zero-order valence-corrected chi connectivity index (χ0v) is 11.1. The highest BCUT2D eigenvalue weighted by atomic mass is 16.6. The molecule has 1 aromatic rings. The molecule has 0 aromatic carbocycles. The smallest absolute Gasteiger partial charge is 0.300 e. The molecule has 1 fully saturated rings. The van der Waals surface area contributed by atoms with Crippen molar-refractivity contribution in [3.63, 3.8) is 0 Å². The predicted octanol–water partition coefficient (Wildman–Crippen LogP) is 0.823. The van der Waals surface area contributed by atoms with Gasteiger partial charge in [0.15, 0.2) is 0 Å². The molecule has 108 valence electrons. The van der Waals surface area contributed by atoms with Crippen LogP contribution >= 0.6 is 0 Å². The van der Waals surface area contributed by atoms with E-state index in [-0.39, 0.29) is 23.2 Å². The molecule has 2 heterocycles. The van der Waals surface area contributed by atoms with Gasteiger partial charge in [-0.05, 0) is 18.9 Å². The zero-order valence-electron chi connectivity index (χ0n) is 11.1. The number of carbonyl (C=O) groups excluding carboxylic acids is 1. The van der Waals surface area contributed by atoms with Gasteiger partial charge in [-0.1, -0.05) is 0 Å². The van der Waals surface area contributed by atoms with Gasteiger partial charge in [-0.25, -0.2) is 4.98 Å². The molecule has 1 saturated heterocycles. The lowest BCUT2D eigenvalue weighted by Gasteiger charge is -2.20. The molecule has 1 atom stereocenters. The number of hydrogen-bond donors (Lipinski definition) is 1. The van der Waals surface area contributed by atoms with Gasteiger partial charge in [-0.15, -0.1) is 0 Å². The van der Waals surface area contributed by atoms with Crippen molar-refractivity contribution < 1.29 is 14.5 Å². The van der Waals surface area contributed by atoms with Crippen molar-refractivity contribution in [2.75, 3.05) is 25.9 Å². The number of likely N-dealkylation sites (N-methyl/N-ethyl adjacent to an activating group) is 1. The maximum absolute atomic E-state index is 12.3. The molecule has 1 aliphatic rings. The van der Waals surface area contributed by atoms with Gasteiger partial charge in [0, 0.05) is 20.2 Å². The van der Waals surface area contributed by atoms with Crippen LogP contribution in [-0.2, 0) is 4.74 Å². The number of nitro groups is 1. The number of nitrogen functional groups attached to an aromatic ring is 1. The second-order valence-electron chi connectivity index (χ2n) is 4.70. The molecule has 1 aliphatic heterocycles. The van der Waals surface area contributed by atoms with E-state index in [4.69, 9.17) is 10.5 Å². The van der Waals surface area contributed by atoms with Crippen LogP contribution in [0.1, 0.15) is 23.2 Å². The molecule has 0 bridgehead atoms. The van der Waals surface area contributed by atoms with Crippen molar-refractivity contribution in [2.45, 2.75) is 18.9 Å². The maximum atomic E-state index is 12.3. The first-order valence-corrected chi connectivity index (χ1v) is 6.26. The van der Waals surface area contributed by atoms with E-state index >= 15 is 0 Å². The fourth-order valence-corrected chi connectivity index (χ4v) is 2.16. The maximum Gasteiger partial charge on any atom is 0.300 e. The number of hydrogen-bond acceptors (Lipinski definition) is 6. The van der Waals surface area contributed by atoms with Crippen LogP contribution in [-0.4, -0.2) is 47.0 Å². The number of rotatable bonds is 4. The normalized spacial score (nSPS) is 17.9. The Bertz CT molecular complexity index is 528. The Hall–Kier alpha value is -2.22. The van der Waals surface area contributed by atoms with E-state index in [0.717, 1.165) is 19.0 Å².